The first-order valence-electron chi connectivity index (χ1n) is 6.71. The summed E-state index contributed by atoms with van der Waals surface area (Å²) < 4.78 is 0. The Morgan fingerprint density at radius 3 is 2.37 bits per heavy atom. The predicted octanol–water partition coefficient (Wildman–Crippen LogP) is 2.75. The van der Waals surface area contributed by atoms with Crippen LogP contribution in [0.3, 0.4) is 0 Å². The maximum Gasteiger partial charge on any atom is 0.227 e. The number of hydrogen-bond acceptors (Lipinski definition) is 2. The van der Waals surface area contributed by atoms with Gasteiger partial charge >= 0.3 is 0 Å². The lowest BCUT2D eigenvalue weighted by atomic mass is 9.94. The van der Waals surface area contributed by atoms with E-state index in [1.807, 2.05) is 51.1 Å². The molecule has 0 radical (unpaired) electrons. The van der Waals surface area contributed by atoms with E-state index in [0.29, 0.717) is 6.54 Å². The standard InChI is InChI=1S/C16H24N2O/c1-5-11-18(12(2)3)16(19)13(4)15(17)14-9-7-6-8-10-14/h5-10,12-13,15H,1,11,17H2,2-4H3. The smallest absolute Gasteiger partial charge is 0.227 e. The number of rotatable bonds is 6. The lowest BCUT2D eigenvalue weighted by molar-refractivity contribution is -0.136. The zero-order valence-electron chi connectivity index (χ0n) is 12.0. The van der Waals surface area contributed by atoms with Crippen LogP contribution in [0.4, 0.5) is 0 Å². The molecule has 0 aliphatic rings. The topological polar surface area (TPSA) is 46.3 Å². The van der Waals surface area contributed by atoms with Crippen molar-refractivity contribution in [3.63, 3.8) is 0 Å². The van der Waals surface area contributed by atoms with Crippen molar-refractivity contribution in [1.29, 1.82) is 0 Å². The van der Waals surface area contributed by atoms with Gasteiger partial charge in [0.05, 0.1) is 5.92 Å². The molecule has 3 nitrogen and oxygen atoms in total. The maximum absolute atomic E-state index is 12.5. The van der Waals surface area contributed by atoms with Gasteiger partial charge in [-0.05, 0) is 19.4 Å². The van der Waals surface area contributed by atoms with E-state index in [4.69, 9.17) is 5.73 Å². The normalized spacial score (nSPS) is 13.9. The van der Waals surface area contributed by atoms with E-state index in [1.54, 1.807) is 11.0 Å². The number of nitrogens with zero attached hydrogens (tertiary/aromatic N) is 1. The Kier molecular flexibility index (Phi) is 5.77. The van der Waals surface area contributed by atoms with Crippen LogP contribution in [-0.4, -0.2) is 23.4 Å². The lowest BCUT2D eigenvalue weighted by Gasteiger charge is -2.30. The summed E-state index contributed by atoms with van der Waals surface area (Å²) >= 11 is 0. The molecule has 1 rings (SSSR count). The fraction of sp³-hybridized carbons (Fsp3) is 0.438. The van der Waals surface area contributed by atoms with Crippen molar-refractivity contribution in [2.75, 3.05) is 6.54 Å². The molecule has 2 N–H and O–H groups in total. The summed E-state index contributed by atoms with van der Waals surface area (Å²) in [6.45, 7) is 10.2. The number of nitrogens with two attached hydrogens (primary N) is 1. The van der Waals surface area contributed by atoms with Crippen molar-refractivity contribution in [1.82, 2.24) is 4.90 Å². The van der Waals surface area contributed by atoms with Gasteiger partial charge in [0, 0.05) is 18.6 Å². The van der Waals surface area contributed by atoms with Crippen molar-refractivity contribution in [2.24, 2.45) is 11.7 Å². The van der Waals surface area contributed by atoms with Gasteiger partial charge in [0.1, 0.15) is 0 Å². The van der Waals surface area contributed by atoms with E-state index < -0.39 is 0 Å². The molecule has 0 spiro atoms. The van der Waals surface area contributed by atoms with E-state index in [-0.39, 0.29) is 23.9 Å². The monoisotopic (exact) mass is 260 g/mol. The van der Waals surface area contributed by atoms with Crippen LogP contribution in [0.2, 0.25) is 0 Å². The first kappa shape index (κ1) is 15.4. The number of amides is 1. The molecule has 0 fully saturated rings. The summed E-state index contributed by atoms with van der Waals surface area (Å²) in [5, 5.41) is 0. The van der Waals surface area contributed by atoms with E-state index in [9.17, 15) is 4.79 Å². The third-order valence-electron chi connectivity index (χ3n) is 3.34. The van der Waals surface area contributed by atoms with Crippen LogP contribution in [0.25, 0.3) is 0 Å². The zero-order chi connectivity index (χ0) is 14.4. The van der Waals surface area contributed by atoms with Crippen molar-refractivity contribution in [2.45, 2.75) is 32.9 Å². The molecule has 104 valence electrons. The Morgan fingerprint density at radius 1 is 1.32 bits per heavy atom. The van der Waals surface area contributed by atoms with Crippen LogP contribution in [0.5, 0.6) is 0 Å². The summed E-state index contributed by atoms with van der Waals surface area (Å²) in [6, 6.07) is 9.62. The highest BCUT2D eigenvalue weighted by atomic mass is 16.2. The minimum absolute atomic E-state index is 0.0752. The Bertz CT molecular complexity index is 414. The van der Waals surface area contributed by atoms with E-state index in [2.05, 4.69) is 6.58 Å². The molecule has 0 heterocycles. The minimum atomic E-state index is -0.278. The largest absolute Gasteiger partial charge is 0.336 e. The predicted molar refractivity (Wildman–Crippen MR) is 79.6 cm³/mol. The molecular weight excluding hydrogens is 236 g/mol. The fourth-order valence-electron chi connectivity index (χ4n) is 2.07. The minimum Gasteiger partial charge on any atom is -0.336 e. The van der Waals surface area contributed by atoms with E-state index in [1.165, 1.54) is 0 Å². The maximum atomic E-state index is 12.5. The van der Waals surface area contributed by atoms with Gasteiger partial charge in [-0.3, -0.25) is 4.79 Å². The summed E-state index contributed by atoms with van der Waals surface area (Å²) in [5.74, 6) is -0.170. The highest BCUT2D eigenvalue weighted by Gasteiger charge is 2.27. The molecule has 19 heavy (non-hydrogen) atoms. The van der Waals surface area contributed by atoms with E-state index in [0.717, 1.165) is 5.56 Å². The highest BCUT2D eigenvalue weighted by molar-refractivity contribution is 5.79. The number of carbonyl (C=O) groups excluding carboxylic acids is 1. The first-order chi connectivity index (χ1) is 8.99. The second-order valence-electron chi connectivity index (χ2n) is 5.10. The molecule has 0 aliphatic heterocycles. The average molecular weight is 260 g/mol. The summed E-state index contributed by atoms with van der Waals surface area (Å²) in [5.41, 5.74) is 7.19. The molecule has 1 aromatic rings. The molecule has 0 saturated heterocycles. The Labute approximate surface area is 116 Å². The van der Waals surface area contributed by atoms with Gasteiger partial charge in [0.25, 0.3) is 0 Å². The first-order valence-corrected chi connectivity index (χ1v) is 6.71. The van der Waals surface area contributed by atoms with Gasteiger partial charge in [-0.2, -0.15) is 0 Å². The second-order valence-corrected chi connectivity index (χ2v) is 5.10. The summed E-state index contributed by atoms with van der Waals surface area (Å²) in [6.07, 6.45) is 1.75. The number of carbonyl (C=O) groups is 1. The molecule has 0 aromatic heterocycles. The fourth-order valence-corrected chi connectivity index (χ4v) is 2.07. The van der Waals surface area contributed by atoms with Gasteiger partial charge in [-0.25, -0.2) is 0 Å². The molecule has 3 heteroatoms. The van der Waals surface area contributed by atoms with Crippen LogP contribution in [0.1, 0.15) is 32.4 Å². The van der Waals surface area contributed by atoms with Gasteiger partial charge in [0.2, 0.25) is 5.91 Å². The highest BCUT2D eigenvalue weighted by Crippen LogP contribution is 2.21. The van der Waals surface area contributed by atoms with Gasteiger partial charge in [-0.1, -0.05) is 43.3 Å². The van der Waals surface area contributed by atoms with Crippen LogP contribution in [0, 0.1) is 5.92 Å². The average Bonchev–Trinajstić information content (AvgIpc) is 2.43. The van der Waals surface area contributed by atoms with Crippen LogP contribution >= 0.6 is 0 Å². The van der Waals surface area contributed by atoms with Crippen molar-refractivity contribution >= 4 is 5.91 Å². The van der Waals surface area contributed by atoms with Crippen LogP contribution < -0.4 is 5.73 Å². The SMILES string of the molecule is C=CCN(C(=O)C(C)C(N)c1ccccc1)C(C)C. The van der Waals surface area contributed by atoms with Crippen LogP contribution in [-0.2, 0) is 4.79 Å². The molecule has 0 saturated carbocycles. The molecular formula is C16H24N2O. The van der Waals surface area contributed by atoms with Crippen molar-refractivity contribution < 1.29 is 4.79 Å². The molecule has 2 unspecified atom stereocenters. The lowest BCUT2D eigenvalue weighted by Crippen LogP contribution is -2.43. The number of hydrogen-bond donors (Lipinski definition) is 1. The van der Waals surface area contributed by atoms with E-state index >= 15 is 0 Å². The molecule has 2 atom stereocenters. The molecule has 0 aliphatic carbocycles. The van der Waals surface area contributed by atoms with Crippen molar-refractivity contribution in [3.05, 3.63) is 48.6 Å². The van der Waals surface area contributed by atoms with Gasteiger partial charge in [-0.15, -0.1) is 6.58 Å². The molecule has 1 amide bonds. The summed E-state index contributed by atoms with van der Waals surface area (Å²) in [7, 11) is 0. The third-order valence-corrected chi connectivity index (χ3v) is 3.34. The Balaban J connectivity index is 2.83. The van der Waals surface area contributed by atoms with Gasteiger partial charge in [0.15, 0.2) is 0 Å². The number of benzene rings is 1. The molecule has 0 bridgehead atoms. The summed E-state index contributed by atoms with van der Waals surface area (Å²) in [4.78, 5) is 14.3. The van der Waals surface area contributed by atoms with Gasteiger partial charge < -0.3 is 10.6 Å². The van der Waals surface area contributed by atoms with Crippen molar-refractivity contribution in [3.8, 4) is 0 Å². The zero-order valence-corrected chi connectivity index (χ0v) is 12.0. The second kappa shape index (κ2) is 7.10. The Morgan fingerprint density at radius 2 is 1.89 bits per heavy atom. The third kappa shape index (κ3) is 3.93. The van der Waals surface area contributed by atoms with Crippen LogP contribution in [0.15, 0.2) is 43.0 Å². The molecule has 1 aromatic carbocycles. The Hall–Kier alpha value is -1.61. The quantitative estimate of drug-likeness (QED) is 0.799.